The number of nitrogens with one attached hydrogen (secondary N) is 3. The van der Waals surface area contributed by atoms with Crippen molar-refractivity contribution in [2.24, 2.45) is 9.98 Å². The van der Waals surface area contributed by atoms with Gasteiger partial charge in [-0.2, -0.15) is 22.0 Å². The van der Waals surface area contributed by atoms with Crippen molar-refractivity contribution in [3.8, 4) is 0 Å². The third-order valence-corrected chi connectivity index (χ3v) is 6.30. The van der Waals surface area contributed by atoms with Crippen molar-refractivity contribution < 1.29 is 31.1 Å². The zero-order valence-electron chi connectivity index (χ0n) is 18.9. The highest BCUT2D eigenvalue weighted by Crippen LogP contribution is 2.41. The van der Waals surface area contributed by atoms with Crippen LogP contribution in [0.15, 0.2) is 45.2 Å². The van der Waals surface area contributed by atoms with Crippen LogP contribution < -0.4 is 16.3 Å². The molecule has 15 heteroatoms. The highest BCUT2D eigenvalue weighted by molar-refractivity contribution is 6.43. The average molecular weight is 525 g/mol. The number of carbonyl (C=O) groups is 1. The molecule has 3 aliphatic heterocycles. The standard InChI is InChI=1S/C22H17F6N7O2/c1-20(10-3-2-4-11(23)7-10)14-16(34-19(20)37)32-15(33-18(14)36)13-8-35-17(29-9-30-35)12(31-13)5-6-21(24,25)22(26,27)28/h2-4,7-8,30H,5-6,9H2,1H3,(H2,32,33,34,36,37). The number of amides is 1. The summed E-state index contributed by atoms with van der Waals surface area (Å²) in [6.07, 6.45) is -6.74. The van der Waals surface area contributed by atoms with Crippen molar-refractivity contribution >= 4 is 29.0 Å². The minimum Gasteiger partial charge on any atom is -0.309 e. The van der Waals surface area contributed by atoms with E-state index in [1.165, 1.54) is 36.3 Å². The maximum absolute atomic E-state index is 13.9. The number of alkyl halides is 5. The Morgan fingerprint density at radius 1 is 1.16 bits per heavy atom. The predicted molar refractivity (Wildman–Crippen MR) is 119 cm³/mol. The SMILES string of the molecule is CC1(c2cccc(F)c2)C(=O)Nc2nc(C3=CN4NCN=C4C(CCC(F)(F)C(F)(F)F)=N3)[nH]c(=O)c21. The molecule has 5 rings (SSSR count). The first-order chi connectivity index (χ1) is 17.3. The van der Waals surface area contributed by atoms with Gasteiger partial charge < -0.3 is 10.3 Å². The summed E-state index contributed by atoms with van der Waals surface area (Å²) in [5.74, 6) is -6.43. The molecular weight excluding hydrogens is 508 g/mol. The van der Waals surface area contributed by atoms with Gasteiger partial charge in [0.1, 0.15) is 29.4 Å². The largest absolute Gasteiger partial charge is 0.453 e. The van der Waals surface area contributed by atoms with Gasteiger partial charge in [-0.05, 0) is 31.0 Å². The van der Waals surface area contributed by atoms with Crippen LogP contribution in [-0.2, 0) is 10.2 Å². The lowest BCUT2D eigenvalue weighted by molar-refractivity contribution is -0.283. The molecule has 1 aromatic heterocycles. The summed E-state index contributed by atoms with van der Waals surface area (Å²) in [5.41, 5.74) is 0.345. The number of nitrogens with zero attached hydrogens (tertiary/aromatic N) is 4. The molecule has 1 atom stereocenters. The second kappa shape index (κ2) is 8.26. The quantitative estimate of drug-likeness (QED) is 0.520. The number of aromatic amines is 1. The van der Waals surface area contributed by atoms with Gasteiger partial charge in [-0.1, -0.05) is 12.1 Å². The normalized spacial score (nSPS) is 21.2. The number of hydrogen-bond acceptors (Lipinski definition) is 7. The molecule has 0 saturated heterocycles. The van der Waals surface area contributed by atoms with Crippen LogP contribution in [0.25, 0.3) is 5.70 Å². The minimum absolute atomic E-state index is 0.0178. The Hall–Kier alpha value is -4.01. The maximum Gasteiger partial charge on any atom is 0.453 e. The number of amidine groups is 1. The van der Waals surface area contributed by atoms with Gasteiger partial charge in [-0.25, -0.2) is 24.8 Å². The fraction of sp³-hybridized carbons (Fsp3) is 0.318. The lowest BCUT2D eigenvalue weighted by Gasteiger charge is -2.25. The minimum atomic E-state index is -5.73. The van der Waals surface area contributed by atoms with Gasteiger partial charge in [0.2, 0.25) is 5.91 Å². The Balaban J connectivity index is 1.53. The third-order valence-electron chi connectivity index (χ3n) is 6.30. The van der Waals surface area contributed by atoms with Crippen molar-refractivity contribution in [3.63, 3.8) is 0 Å². The number of H-pyrrole nitrogens is 1. The van der Waals surface area contributed by atoms with Gasteiger partial charge in [-0.15, -0.1) is 0 Å². The molecule has 3 N–H and O–H groups in total. The van der Waals surface area contributed by atoms with E-state index in [4.69, 9.17) is 0 Å². The molecule has 4 heterocycles. The van der Waals surface area contributed by atoms with E-state index in [1.54, 1.807) is 0 Å². The lowest BCUT2D eigenvalue weighted by Crippen LogP contribution is -2.41. The van der Waals surface area contributed by atoms with E-state index in [9.17, 15) is 35.9 Å². The van der Waals surface area contributed by atoms with Gasteiger partial charge in [0.25, 0.3) is 5.56 Å². The van der Waals surface area contributed by atoms with Crippen molar-refractivity contribution in [1.82, 2.24) is 20.4 Å². The van der Waals surface area contributed by atoms with Crippen LogP contribution in [0.1, 0.15) is 36.7 Å². The topological polar surface area (TPSA) is 115 Å². The molecule has 9 nitrogen and oxygen atoms in total. The molecule has 2 aromatic rings. The molecule has 0 spiro atoms. The van der Waals surface area contributed by atoms with Crippen molar-refractivity contribution in [2.75, 3.05) is 12.0 Å². The van der Waals surface area contributed by atoms with E-state index in [2.05, 4.69) is 30.7 Å². The molecule has 0 fully saturated rings. The Bertz CT molecular complexity index is 1460. The van der Waals surface area contributed by atoms with Gasteiger partial charge in [0.05, 0.1) is 17.5 Å². The molecule has 1 unspecified atom stereocenters. The van der Waals surface area contributed by atoms with E-state index in [1.807, 2.05) is 0 Å². The zero-order valence-corrected chi connectivity index (χ0v) is 18.9. The van der Waals surface area contributed by atoms with E-state index in [0.29, 0.717) is 0 Å². The average Bonchev–Trinajstić information content (AvgIpc) is 3.39. The molecule has 0 bridgehead atoms. The number of hydrazine groups is 1. The van der Waals surface area contributed by atoms with Crippen LogP contribution in [0.5, 0.6) is 0 Å². The number of halogens is 6. The van der Waals surface area contributed by atoms with E-state index in [-0.39, 0.29) is 46.7 Å². The summed E-state index contributed by atoms with van der Waals surface area (Å²) in [4.78, 5) is 40.9. The summed E-state index contributed by atoms with van der Waals surface area (Å²) in [5, 5.41) is 3.77. The molecule has 194 valence electrons. The molecule has 3 aliphatic rings. The molecule has 0 saturated carbocycles. The van der Waals surface area contributed by atoms with Crippen LogP contribution in [0, 0.1) is 5.82 Å². The smallest absolute Gasteiger partial charge is 0.309 e. The molecular formula is C22H17F6N7O2. The predicted octanol–water partition coefficient (Wildman–Crippen LogP) is 3.07. The number of carbonyl (C=O) groups excluding carboxylic acids is 1. The van der Waals surface area contributed by atoms with Crippen LogP contribution >= 0.6 is 0 Å². The fourth-order valence-corrected chi connectivity index (χ4v) is 4.29. The fourth-order valence-electron chi connectivity index (χ4n) is 4.29. The van der Waals surface area contributed by atoms with Crippen molar-refractivity contribution in [3.05, 3.63) is 63.6 Å². The Labute approximate surface area is 204 Å². The Morgan fingerprint density at radius 3 is 2.62 bits per heavy atom. The number of fused-ring (bicyclic) bond motifs is 2. The first-order valence-corrected chi connectivity index (χ1v) is 10.9. The molecule has 37 heavy (non-hydrogen) atoms. The van der Waals surface area contributed by atoms with Crippen molar-refractivity contribution in [2.45, 2.75) is 37.3 Å². The van der Waals surface area contributed by atoms with E-state index >= 15 is 0 Å². The summed E-state index contributed by atoms with van der Waals surface area (Å²) < 4.78 is 78.9. The maximum atomic E-state index is 13.9. The Morgan fingerprint density at radius 2 is 1.92 bits per heavy atom. The number of rotatable bonds is 5. The third kappa shape index (κ3) is 3.98. The van der Waals surface area contributed by atoms with E-state index in [0.717, 1.165) is 6.07 Å². The van der Waals surface area contributed by atoms with Crippen molar-refractivity contribution in [1.29, 1.82) is 0 Å². The lowest BCUT2D eigenvalue weighted by atomic mass is 9.78. The molecule has 0 radical (unpaired) electrons. The first-order valence-electron chi connectivity index (χ1n) is 10.9. The monoisotopic (exact) mass is 525 g/mol. The highest BCUT2D eigenvalue weighted by atomic mass is 19.4. The van der Waals surface area contributed by atoms with Gasteiger partial charge >= 0.3 is 12.1 Å². The van der Waals surface area contributed by atoms with Crippen LogP contribution in [-0.4, -0.2) is 51.2 Å². The number of aliphatic imine (C=N–C) groups is 2. The van der Waals surface area contributed by atoms with Crippen LogP contribution in [0.3, 0.4) is 0 Å². The van der Waals surface area contributed by atoms with E-state index < -0.39 is 47.6 Å². The second-order valence-corrected chi connectivity index (χ2v) is 8.67. The number of benzene rings is 1. The van der Waals surface area contributed by atoms with Gasteiger partial charge in [-0.3, -0.25) is 14.6 Å². The summed E-state index contributed by atoms with van der Waals surface area (Å²) in [6.45, 7) is 1.46. The first kappa shape index (κ1) is 24.7. The number of anilines is 1. The van der Waals surface area contributed by atoms with Gasteiger partial charge in [0, 0.05) is 6.42 Å². The molecule has 1 aromatic carbocycles. The Kier molecular flexibility index (Phi) is 5.51. The van der Waals surface area contributed by atoms with Gasteiger partial charge in [0.15, 0.2) is 11.7 Å². The van der Waals surface area contributed by atoms with Crippen LogP contribution in [0.2, 0.25) is 0 Å². The highest BCUT2D eigenvalue weighted by Gasteiger charge is 2.57. The number of hydrogen-bond donors (Lipinski definition) is 3. The summed E-state index contributed by atoms with van der Waals surface area (Å²) in [7, 11) is 0. The summed E-state index contributed by atoms with van der Waals surface area (Å²) >= 11 is 0. The summed E-state index contributed by atoms with van der Waals surface area (Å²) in [6, 6.07) is 5.19. The molecule has 1 amide bonds. The second-order valence-electron chi connectivity index (χ2n) is 8.67. The van der Waals surface area contributed by atoms with Crippen LogP contribution in [0.4, 0.5) is 32.2 Å². The molecule has 0 aliphatic carbocycles. The number of aromatic nitrogens is 2. The zero-order chi connectivity index (χ0) is 26.8.